The third-order valence-corrected chi connectivity index (χ3v) is 6.82. The zero-order valence-corrected chi connectivity index (χ0v) is 21.9. The first-order valence-electron chi connectivity index (χ1n) is 13.5. The van der Waals surface area contributed by atoms with Crippen LogP contribution in [0.5, 0.6) is 5.75 Å². The molecule has 0 aromatic heterocycles. The van der Waals surface area contributed by atoms with E-state index in [4.69, 9.17) is 4.74 Å². The van der Waals surface area contributed by atoms with Crippen LogP contribution in [0.15, 0.2) is 84.9 Å². The highest BCUT2D eigenvalue weighted by atomic mass is 19.2. The fourth-order valence-electron chi connectivity index (χ4n) is 4.54. The van der Waals surface area contributed by atoms with E-state index in [0.717, 1.165) is 36.8 Å². The molecule has 0 unspecified atom stereocenters. The molecule has 4 aromatic carbocycles. The lowest BCUT2D eigenvalue weighted by Gasteiger charge is -2.11. The van der Waals surface area contributed by atoms with Gasteiger partial charge in [0, 0.05) is 5.56 Å². The van der Waals surface area contributed by atoms with E-state index in [9.17, 15) is 8.78 Å². The first kappa shape index (κ1) is 26.6. The highest BCUT2D eigenvalue weighted by Crippen LogP contribution is 2.32. The van der Waals surface area contributed by atoms with Crippen molar-refractivity contribution in [1.29, 1.82) is 0 Å². The second-order valence-corrected chi connectivity index (χ2v) is 9.60. The lowest BCUT2D eigenvalue weighted by Crippen LogP contribution is -2.01. The van der Waals surface area contributed by atoms with Crippen molar-refractivity contribution in [2.24, 2.45) is 0 Å². The number of unbranched alkanes of at least 4 members (excludes halogenated alkanes) is 4. The molecule has 0 heterocycles. The summed E-state index contributed by atoms with van der Waals surface area (Å²) in [6, 6.07) is 28.0. The molecule has 0 amide bonds. The van der Waals surface area contributed by atoms with Crippen LogP contribution in [0.25, 0.3) is 33.4 Å². The van der Waals surface area contributed by atoms with Gasteiger partial charge in [-0.2, -0.15) is 4.39 Å². The van der Waals surface area contributed by atoms with Crippen LogP contribution in [0, 0.1) is 11.6 Å². The second-order valence-electron chi connectivity index (χ2n) is 9.60. The van der Waals surface area contributed by atoms with E-state index in [1.54, 1.807) is 6.07 Å². The number of halogens is 2. The van der Waals surface area contributed by atoms with Crippen LogP contribution in [0.2, 0.25) is 0 Å². The molecule has 192 valence electrons. The Morgan fingerprint density at radius 2 is 1.00 bits per heavy atom. The molecule has 0 bridgehead atoms. The van der Waals surface area contributed by atoms with Crippen molar-refractivity contribution in [2.45, 2.75) is 58.8 Å². The largest absolute Gasteiger partial charge is 0.490 e. The molecule has 0 fully saturated rings. The predicted molar refractivity (Wildman–Crippen MR) is 151 cm³/mol. The van der Waals surface area contributed by atoms with Gasteiger partial charge >= 0.3 is 0 Å². The van der Waals surface area contributed by atoms with Crippen LogP contribution in [0.1, 0.15) is 57.9 Å². The number of ether oxygens (including phenoxy) is 1. The minimum Gasteiger partial charge on any atom is -0.490 e. The maximum Gasteiger partial charge on any atom is 0.201 e. The predicted octanol–water partition coefficient (Wildman–Crippen LogP) is 10.3. The molecule has 0 saturated carbocycles. The maximum absolute atomic E-state index is 14.8. The lowest BCUT2D eigenvalue weighted by molar-refractivity contribution is 0.286. The van der Waals surface area contributed by atoms with Gasteiger partial charge in [-0.15, -0.1) is 0 Å². The van der Waals surface area contributed by atoms with Gasteiger partial charge in [0.25, 0.3) is 0 Å². The molecule has 0 radical (unpaired) electrons. The first-order valence-corrected chi connectivity index (χ1v) is 13.5. The van der Waals surface area contributed by atoms with Crippen LogP contribution in [-0.4, -0.2) is 6.61 Å². The molecule has 37 heavy (non-hydrogen) atoms. The van der Waals surface area contributed by atoms with E-state index in [0.29, 0.717) is 12.2 Å². The summed E-state index contributed by atoms with van der Waals surface area (Å²) < 4.78 is 34.8. The van der Waals surface area contributed by atoms with Gasteiger partial charge in [0.15, 0.2) is 11.6 Å². The van der Waals surface area contributed by atoms with E-state index >= 15 is 0 Å². The average molecular weight is 499 g/mol. The van der Waals surface area contributed by atoms with Gasteiger partial charge in [0.2, 0.25) is 5.82 Å². The van der Waals surface area contributed by atoms with Gasteiger partial charge in [-0.25, -0.2) is 4.39 Å². The summed E-state index contributed by atoms with van der Waals surface area (Å²) in [5.74, 6) is -1.83. The summed E-state index contributed by atoms with van der Waals surface area (Å²) in [7, 11) is 0. The summed E-state index contributed by atoms with van der Waals surface area (Å²) in [5, 5.41) is 0. The zero-order chi connectivity index (χ0) is 26.0. The van der Waals surface area contributed by atoms with Gasteiger partial charge in [-0.3, -0.25) is 0 Å². The Labute approximate surface area is 220 Å². The quantitative estimate of drug-likeness (QED) is 0.177. The Bertz CT molecular complexity index is 1260. The molecule has 4 aromatic rings. The summed E-state index contributed by atoms with van der Waals surface area (Å²) in [5.41, 5.74) is 6.74. The normalized spacial score (nSPS) is 11.0. The molecule has 0 N–H and O–H groups in total. The van der Waals surface area contributed by atoms with E-state index in [2.05, 4.69) is 62.4 Å². The van der Waals surface area contributed by atoms with Crippen LogP contribution in [0.4, 0.5) is 8.78 Å². The van der Waals surface area contributed by atoms with Gasteiger partial charge < -0.3 is 4.74 Å². The minimum absolute atomic E-state index is 0.0276. The van der Waals surface area contributed by atoms with Crippen molar-refractivity contribution in [3.05, 3.63) is 102 Å². The summed E-state index contributed by atoms with van der Waals surface area (Å²) in [4.78, 5) is 0. The Morgan fingerprint density at radius 3 is 1.54 bits per heavy atom. The standard InChI is InChI=1S/C34H36F2O/c1-3-5-7-9-25-10-12-26(13-11-25)27-14-16-28(17-15-27)29-18-20-30(21-19-29)31-22-23-32(34(36)33(31)35)37-24-8-6-4-2/h10-23H,3-9,24H2,1-2H3. The van der Waals surface area contributed by atoms with Gasteiger partial charge in [0.05, 0.1) is 6.61 Å². The summed E-state index contributed by atoms with van der Waals surface area (Å²) in [6.07, 6.45) is 7.77. The summed E-state index contributed by atoms with van der Waals surface area (Å²) in [6.45, 7) is 4.71. The molecule has 1 nitrogen and oxygen atoms in total. The number of benzene rings is 4. The third kappa shape index (κ3) is 6.85. The van der Waals surface area contributed by atoms with Crippen LogP contribution in [-0.2, 0) is 6.42 Å². The second kappa shape index (κ2) is 13.2. The number of aryl methyl sites for hydroxylation is 1. The van der Waals surface area contributed by atoms with E-state index in [1.807, 2.05) is 24.3 Å². The molecular weight excluding hydrogens is 462 g/mol. The molecule has 0 saturated heterocycles. The topological polar surface area (TPSA) is 9.23 Å². The van der Waals surface area contributed by atoms with E-state index < -0.39 is 11.6 Å². The van der Waals surface area contributed by atoms with E-state index in [1.165, 1.54) is 42.0 Å². The van der Waals surface area contributed by atoms with Gasteiger partial charge in [-0.05, 0) is 64.8 Å². The SMILES string of the molecule is CCCCCOc1ccc(-c2ccc(-c3ccc(-c4ccc(CCCCC)cc4)cc3)cc2)c(F)c1F. The Balaban J connectivity index is 1.43. The third-order valence-electron chi connectivity index (χ3n) is 6.82. The number of hydrogen-bond acceptors (Lipinski definition) is 1. The van der Waals surface area contributed by atoms with Crippen molar-refractivity contribution in [1.82, 2.24) is 0 Å². The van der Waals surface area contributed by atoms with Gasteiger partial charge in [0.1, 0.15) is 0 Å². The fourth-order valence-corrected chi connectivity index (χ4v) is 4.54. The first-order chi connectivity index (χ1) is 18.1. The fraction of sp³-hybridized carbons (Fsp3) is 0.294. The highest BCUT2D eigenvalue weighted by molar-refractivity contribution is 5.73. The number of hydrogen-bond donors (Lipinski definition) is 0. The molecule has 0 aliphatic carbocycles. The zero-order valence-electron chi connectivity index (χ0n) is 21.9. The molecular formula is C34H36F2O. The van der Waals surface area contributed by atoms with Crippen molar-refractivity contribution in [3.8, 4) is 39.1 Å². The van der Waals surface area contributed by atoms with Crippen molar-refractivity contribution in [3.63, 3.8) is 0 Å². The van der Waals surface area contributed by atoms with Crippen molar-refractivity contribution in [2.75, 3.05) is 6.61 Å². The molecule has 0 aliphatic heterocycles. The molecule has 0 aliphatic rings. The average Bonchev–Trinajstić information content (AvgIpc) is 2.94. The molecule has 0 atom stereocenters. The highest BCUT2D eigenvalue weighted by Gasteiger charge is 2.16. The smallest absolute Gasteiger partial charge is 0.201 e. The minimum atomic E-state index is -0.928. The molecule has 0 spiro atoms. The van der Waals surface area contributed by atoms with Crippen LogP contribution < -0.4 is 4.74 Å². The van der Waals surface area contributed by atoms with Crippen molar-refractivity contribution >= 4 is 0 Å². The number of rotatable bonds is 12. The monoisotopic (exact) mass is 498 g/mol. The maximum atomic E-state index is 14.8. The van der Waals surface area contributed by atoms with Gasteiger partial charge in [-0.1, -0.05) is 112 Å². The van der Waals surface area contributed by atoms with E-state index in [-0.39, 0.29) is 11.3 Å². The molecule has 3 heteroatoms. The Kier molecular flexibility index (Phi) is 9.48. The summed E-state index contributed by atoms with van der Waals surface area (Å²) >= 11 is 0. The van der Waals surface area contributed by atoms with Crippen LogP contribution >= 0.6 is 0 Å². The Morgan fingerprint density at radius 1 is 0.514 bits per heavy atom. The van der Waals surface area contributed by atoms with Crippen LogP contribution in [0.3, 0.4) is 0 Å². The van der Waals surface area contributed by atoms with Crippen molar-refractivity contribution < 1.29 is 13.5 Å². The lowest BCUT2D eigenvalue weighted by atomic mass is 9.97. The Hall–Kier alpha value is -3.46. The molecule has 4 rings (SSSR count).